The normalized spacial score (nSPS) is 14.9. The fourth-order valence-corrected chi connectivity index (χ4v) is 3.60. The molecule has 0 atom stereocenters. The number of aromatic amines is 1. The minimum Gasteiger partial charge on any atom is -0.337 e. The molecule has 1 aromatic heterocycles. The molecule has 3 rings (SSSR count). The molecule has 0 unspecified atom stereocenters. The van der Waals surface area contributed by atoms with Crippen LogP contribution in [0.5, 0.6) is 0 Å². The fourth-order valence-electron chi connectivity index (χ4n) is 2.42. The van der Waals surface area contributed by atoms with E-state index in [1.807, 2.05) is 0 Å². The summed E-state index contributed by atoms with van der Waals surface area (Å²) in [4.78, 5) is 14.1. The Hall–Kier alpha value is -2.06. The van der Waals surface area contributed by atoms with Gasteiger partial charge >= 0.3 is 0 Å². The molecule has 0 radical (unpaired) electrons. The highest BCUT2D eigenvalue weighted by atomic mass is 35.5. The maximum Gasteiger partial charge on any atom is 0.276 e. The number of rotatable bonds is 4. The number of carbonyl (C=O) groups is 1. The highest BCUT2D eigenvalue weighted by Gasteiger charge is 2.26. The molecule has 1 saturated heterocycles. The van der Waals surface area contributed by atoms with Gasteiger partial charge in [-0.05, 0) is 37.1 Å². The Morgan fingerprint density at radius 2 is 1.87 bits per heavy atom. The number of nitrogens with one attached hydrogen (secondary N) is 2. The van der Waals surface area contributed by atoms with E-state index in [2.05, 4.69) is 14.9 Å². The topological polar surface area (TPSA) is 95.2 Å². The van der Waals surface area contributed by atoms with Crippen LogP contribution in [0.3, 0.4) is 0 Å². The number of aromatic nitrogens is 2. The molecule has 7 nitrogen and oxygen atoms in total. The third kappa shape index (κ3) is 3.32. The van der Waals surface area contributed by atoms with Crippen molar-refractivity contribution < 1.29 is 13.2 Å². The van der Waals surface area contributed by atoms with Gasteiger partial charge in [-0.1, -0.05) is 11.6 Å². The Morgan fingerprint density at radius 3 is 2.52 bits per heavy atom. The fraction of sp³-hybridized carbons (Fsp3) is 0.286. The van der Waals surface area contributed by atoms with E-state index < -0.39 is 10.0 Å². The van der Waals surface area contributed by atoms with Crippen molar-refractivity contribution >= 4 is 33.2 Å². The summed E-state index contributed by atoms with van der Waals surface area (Å²) in [5, 5.41) is 6.87. The van der Waals surface area contributed by atoms with Crippen LogP contribution in [0.25, 0.3) is 0 Å². The predicted octanol–water partition coefficient (Wildman–Crippen LogP) is 2.10. The van der Waals surface area contributed by atoms with Crippen molar-refractivity contribution in [1.82, 2.24) is 15.1 Å². The first-order valence-electron chi connectivity index (χ1n) is 7.09. The number of likely N-dealkylation sites (tertiary alicyclic amines) is 1. The molecule has 2 aromatic rings. The zero-order valence-corrected chi connectivity index (χ0v) is 13.7. The van der Waals surface area contributed by atoms with E-state index in [1.165, 1.54) is 30.5 Å². The van der Waals surface area contributed by atoms with Crippen LogP contribution in [-0.4, -0.2) is 42.5 Å². The molecular weight excluding hydrogens is 340 g/mol. The lowest BCUT2D eigenvalue weighted by Crippen LogP contribution is -2.29. The van der Waals surface area contributed by atoms with Gasteiger partial charge in [0.25, 0.3) is 15.9 Å². The van der Waals surface area contributed by atoms with Crippen molar-refractivity contribution in [2.24, 2.45) is 0 Å². The van der Waals surface area contributed by atoms with Gasteiger partial charge < -0.3 is 4.90 Å². The number of H-pyrrole nitrogens is 1. The van der Waals surface area contributed by atoms with Crippen LogP contribution in [0.4, 0.5) is 5.69 Å². The lowest BCUT2D eigenvalue weighted by atomic mass is 10.3. The van der Waals surface area contributed by atoms with Crippen molar-refractivity contribution in [3.05, 3.63) is 41.2 Å². The lowest BCUT2D eigenvalue weighted by Gasteiger charge is -2.14. The molecule has 1 aliphatic heterocycles. The van der Waals surface area contributed by atoms with E-state index >= 15 is 0 Å². The standard InChI is InChI=1S/C14H15ClN4O3S/c15-10-3-5-11(6-4-10)23(21,22)18-12-9-16-17-13(12)14(20)19-7-1-2-8-19/h3-6,9,18H,1-2,7-8H2,(H,16,17). The Morgan fingerprint density at radius 1 is 1.22 bits per heavy atom. The van der Waals surface area contributed by atoms with Crippen LogP contribution >= 0.6 is 11.6 Å². The second-order valence-corrected chi connectivity index (χ2v) is 7.33. The summed E-state index contributed by atoms with van der Waals surface area (Å²) in [6, 6.07) is 5.77. The monoisotopic (exact) mass is 354 g/mol. The van der Waals surface area contributed by atoms with Gasteiger partial charge in [0.1, 0.15) is 0 Å². The summed E-state index contributed by atoms with van der Waals surface area (Å²) >= 11 is 5.76. The molecule has 1 fully saturated rings. The third-order valence-corrected chi connectivity index (χ3v) is 5.24. The van der Waals surface area contributed by atoms with Gasteiger partial charge in [-0.15, -0.1) is 0 Å². The zero-order chi connectivity index (χ0) is 16.4. The lowest BCUT2D eigenvalue weighted by molar-refractivity contribution is 0.0788. The van der Waals surface area contributed by atoms with E-state index in [4.69, 9.17) is 11.6 Å². The average Bonchev–Trinajstić information content (AvgIpc) is 3.18. The second kappa shape index (κ2) is 6.21. The number of benzene rings is 1. The number of amides is 1. The van der Waals surface area contributed by atoms with Crippen LogP contribution in [0.2, 0.25) is 5.02 Å². The Bertz CT molecular complexity index is 811. The summed E-state index contributed by atoms with van der Waals surface area (Å²) in [5.74, 6) is -0.280. The number of nitrogens with zero attached hydrogens (tertiary/aromatic N) is 2. The number of anilines is 1. The van der Waals surface area contributed by atoms with Crippen molar-refractivity contribution in [2.75, 3.05) is 17.8 Å². The molecule has 9 heteroatoms. The molecule has 1 amide bonds. The summed E-state index contributed by atoms with van der Waals surface area (Å²) in [6.07, 6.45) is 3.25. The molecule has 2 heterocycles. The molecule has 0 bridgehead atoms. The van der Waals surface area contributed by atoms with Gasteiger partial charge in [0.2, 0.25) is 0 Å². The third-order valence-electron chi connectivity index (χ3n) is 3.60. The van der Waals surface area contributed by atoms with Crippen LogP contribution in [0.15, 0.2) is 35.4 Å². The highest BCUT2D eigenvalue weighted by Crippen LogP contribution is 2.22. The number of hydrogen-bond acceptors (Lipinski definition) is 4. The maximum atomic E-state index is 12.4. The molecule has 0 saturated carbocycles. The van der Waals surface area contributed by atoms with Crippen molar-refractivity contribution in [2.45, 2.75) is 17.7 Å². The number of sulfonamides is 1. The summed E-state index contributed by atoms with van der Waals surface area (Å²) in [5.41, 5.74) is 0.210. The predicted molar refractivity (Wildman–Crippen MR) is 86.0 cm³/mol. The summed E-state index contributed by atoms with van der Waals surface area (Å²) < 4.78 is 27.2. The second-order valence-electron chi connectivity index (χ2n) is 5.21. The quantitative estimate of drug-likeness (QED) is 0.878. The van der Waals surface area contributed by atoms with Crippen LogP contribution < -0.4 is 4.72 Å². The molecule has 23 heavy (non-hydrogen) atoms. The number of hydrogen-bond donors (Lipinski definition) is 2. The maximum absolute atomic E-state index is 12.4. The van der Waals surface area contributed by atoms with Gasteiger partial charge in [0.05, 0.1) is 10.6 Å². The highest BCUT2D eigenvalue weighted by molar-refractivity contribution is 7.92. The number of carbonyl (C=O) groups excluding carboxylic acids is 1. The molecule has 0 aliphatic carbocycles. The minimum absolute atomic E-state index is 0.0580. The van der Waals surface area contributed by atoms with Gasteiger partial charge in [-0.2, -0.15) is 5.10 Å². The molecule has 122 valence electrons. The summed E-state index contributed by atoms with van der Waals surface area (Å²) in [6.45, 7) is 1.32. The smallest absolute Gasteiger partial charge is 0.276 e. The molecular formula is C14H15ClN4O3S. The SMILES string of the molecule is O=C(c1n[nH]cc1NS(=O)(=O)c1ccc(Cl)cc1)N1CCCC1. The van der Waals surface area contributed by atoms with E-state index in [0.29, 0.717) is 18.1 Å². The number of halogens is 1. The van der Waals surface area contributed by atoms with Crippen molar-refractivity contribution in [3.63, 3.8) is 0 Å². The first-order valence-corrected chi connectivity index (χ1v) is 8.95. The Balaban J connectivity index is 1.84. The van der Waals surface area contributed by atoms with E-state index in [1.54, 1.807) is 4.90 Å². The van der Waals surface area contributed by atoms with Crippen LogP contribution in [-0.2, 0) is 10.0 Å². The van der Waals surface area contributed by atoms with Crippen molar-refractivity contribution in [3.8, 4) is 0 Å². The van der Waals surface area contributed by atoms with Gasteiger partial charge in [0.15, 0.2) is 5.69 Å². The Labute approximate surface area is 138 Å². The molecule has 2 N–H and O–H groups in total. The summed E-state index contributed by atoms with van der Waals surface area (Å²) in [7, 11) is -3.82. The van der Waals surface area contributed by atoms with E-state index in [9.17, 15) is 13.2 Å². The van der Waals surface area contributed by atoms with Gasteiger partial charge in [0, 0.05) is 24.3 Å². The van der Waals surface area contributed by atoms with E-state index in [-0.39, 0.29) is 22.2 Å². The molecule has 0 spiro atoms. The van der Waals surface area contributed by atoms with Gasteiger partial charge in [-0.3, -0.25) is 14.6 Å². The van der Waals surface area contributed by atoms with E-state index in [0.717, 1.165) is 12.8 Å². The van der Waals surface area contributed by atoms with Crippen molar-refractivity contribution in [1.29, 1.82) is 0 Å². The zero-order valence-electron chi connectivity index (χ0n) is 12.1. The van der Waals surface area contributed by atoms with Gasteiger partial charge in [-0.25, -0.2) is 8.42 Å². The largest absolute Gasteiger partial charge is 0.337 e. The minimum atomic E-state index is -3.82. The average molecular weight is 355 g/mol. The van der Waals surface area contributed by atoms with Crippen LogP contribution in [0, 0.1) is 0 Å². The van der Waals surface area contributed by atoms with Crippen LogP contribution in [0.1, 0.15) is 23.3 Å². The molecule has 1 aliphatic rings. The molecule has 1 aromatic carbocycles. The Kier molecular flexibility index (Phi) is 4.27. The first-order chi connectivity index (χ1) is 11.0. The first kappa shape index (κ1) is 15.8.